The van der Waals surface area contributed by atoms with E-state index in [-0.39, 0.29) is 5.91 Å². The van der Waals surface area contributed by atoms with Crippen molar-refractivity contribution in [3.05, 3.63) is 65.2 Å². The molecule has 0 aliphatic carbocycles. The van der Waals surface area contributed by atoms with E-state index < -0.39 is 11.7 Å². The summed E-state index contributed by atoms with van der Waals surface area (Å²) in [4.78, 5) is 16.2. The third-order valence-electron chi connectivity index (χ3n) is 4.00. The van der Waals surface area contributed by atoms with E-state index >= 15 is 0 Å². The van der Waals surface area contributed by atoms with Gasteiger partial charge in [0.15, 0.2) is 5.96 Å². The number of carbonyl (C=O) groups excluding carboxylic acids is 1. The van der Waals surface area contributed by atoms with Crippen LogP contribution in [-0.4, -0.2) is 39.1 Å². The minimum atomic E-state index is -4.35. The van der Waals surface area contributed by atoms with Crippen LogP contribution < -0.4 is 20.7 Å². The number of amides is 1. The fourth-order valence-electron chi connectivity index (χ4n) is 2.44. The second-order valence-electron chi connectivity index (χ2n) is 6.04. The van der Waals surface area contributed by atoms with E-state index in [1.54, 1.807) is 31.3 Å². The lowest BCUT2D eigenvalue weighted by atomic mass is 10.1. The Morgan fingerprint density at radius 2 is 1.72 bits per heavy atom. The minimum Gasteiger partial charge on any atom is -0.497 e. The molecule has 0 bridgehead atoms. The number of alkyl halides is 3. The van der Waals surface area contributed by atoms with Crippen LogP contribution in [0.3, 0.4) is 0 Å². The smallest absolute Gasteiger partial charge is 0.416 e. The van der Waals surface area contributed by atoms with Gasteiger partial charge in [0.2, 0.25) is 0 Å². The number of hydrogen-bond acceptors (Lipinski definition) is 3. The van der Waals surface area contributed by atoms with Crippen molar-refractivity contribution in [2.24, 2.45) is 4.99 Å². The second kappa shape index (κ2) is 10.4. The van der Waals surface area contributed by atoms with Crippen molar-refractivity contribution in [3.8, 4) is 5.75 Å². The van der Waals surface area contributed by atoms with Gasteiger partial charge in [-0.05, 0) is 35.9 Å². The highest BCUT2D eigenvalue weighted by Gasteiger charge is 2.29. The number of ether oxygens (including phenoxy) is 1. The summed E-state index contributed by atoms with van der Waals surface area (Å²) in [7, 11) is 3.11. The zero-order chi connectivity index (χ0) is 21.3. The molecular formula is C20H23F3N4O2. The highest BCUT2D eigenvalue weighted by atomic mass is 19.4. The summed E-state index contributed by atoms with van der Waals surface area (Å²) in [5.74, 6) is 0.850. The van der Waals surface area contributed by atoms with Crippen molar-refractivity contribution >= 4 is 11.9 Å². The molecule has 0 aliphatic heterocycles. The van der Waals surface area contributed by atoms with E-state index in [1.807, 2.05) is 0 Å². The van der Waals surface area contributed by atoms with Crippen molar-refractivity contribution in [2.45, 2.75) is 12.7 Å². The zero-order valence-corrected chi connectivity index (χ0v) is 16.1. The number of nitrogens with zero attached hydrogens (tertiary/aromatic N) is 1. The molecule has 0 radical (unpaired) electrons. The van der Waals surface area contributed by atoms with Gasteiger partial charge in [0.25, 0.3) is 5.91 Å². The molecule has 0 unspecified atom stereocenters. The number of carbonyl (C=O) groups is 1. The largest absolute Gasteiger partial charge is 0.497 e. The maximum Gasteiger partial charge on any atom is 0.416 e. The Morgan fingerprint density at radius 1 is 1.03 bits per heavy atom. The Labute approximate surface area is 167 Å². The lowest BCUT2D eigenvalue weighted by Crippen LogP contribution is -2.41. The molecule has 2 rings (SSSR count). The molecule has 0 saturated carbocycles. The Hall–Kier alpha value is -3.23. The van der Waals surface area contributed by atoms with Gasteiger partial charge in [-0.25, -0.2) is 0 Å². The predicted molar refractivity (Wildman–Crippen MR) is 105 cm³/mol. The first kappa shape index (κ1) is 22.1. The molecule has 2 aromatic carbocycles. The molecule has 29 heavy (non-hydrogen) atoms. The number of methoxy groups -OCH3 is 1. The standard InChI is InChI=1S/C20H23F3N4O2/c1-24-19(27-13-14-6-8-16(9-7-14)20(21,22)23)26-11-10-25-18(28)15-4-3-5-17(12-15)29-2/h3-9,12H,10-11,13H2,1-2H3,(H,25,28)(H2,24,26,27). The van der Waals surface area contributed by atoms with Crippen molar-refractivity contribution in [2.75, 3.05) is 27.2 Å². The third-order valence-corrected chi connectivity index (χ3v) is 4.00. The normalized spacial score (nSPS) is 11.7. The first-order chi connectivity index (χ1) is 13.8. The highest BCUT2D eigenvalue weighted by Crippen LogP contribution is 2.29. The van der Waals surface area contributed by atoms with Gasteiger partial charge >= 0.3 is 6.18 Å². The van der Waals surface area contributed by atoms with Crippen LogP contribution in [0, 0.1) is 0 Å². The molecule has 0 fully saturated rings. The van der Waals surface area contributed by atoms with Gasteiger partial charge in [-0.15, -0.1) is 0 Å². The number of guanidine groups is 1. The van der Waals surface area contributed by atoms with Gasteiger partial charge in [-0.3, -0.25) is 9.79 Å². The Balaban J connectivity index is 1.74. The molecule has 1 amide bonds. The van der Waals surface area contributed by atoms with Crippen molar-refractivity contribution in [1.82, 2.24) is 16.0 Å². The minimum absolute atomic E-state index is 0.224. The fourth-order valence-corrected chi connectivity index (χ4v) is 2.44. The maximum atomic E-state index is 12.6. The molecule has 3 N–H and O–H groups in total. The van der Waals surface area contributed by atoms with E-state index in [9.17, 15) is 18.0 Å². The summed E-state index contributed by atoms with van der Waals surface area (Å²) in [6, 6.07) is 11.7. The van der Waals surface area contributed by atoms with Crippen LogP contribution in [-0.2, 0) is 12.7 Å². The van der Waals surface area contributed by atoms with Crippen LogP contribution >= 0.6 is 0 Å². The van der Waals surface area contributed by atoms with Crippen LogP contribution in [0.1, 0.15) is 21.5 Å². The van der Waals surface area contributed by atoms with Gasteiger partial charge in [0, 0.05) is 32.2 Å². The average Bonchev–Trinajstić information content (AvgIpc) is 2.72. The van der Waals surface area contributed by atoms with E-state index in [0.717, 1.165) is 12.1 Å². The summed E-state index contributed by atoms with van der Waals surface area (Å²) < 4.78 is 42.8. The predicted octanol–water partition coefficient (Wildman–Crippen LogP) is 2.81. The summed E-state index contributed by atoms with van der Waals surface area (Å²) in [5.41, 5.74) is 0.497. The molecule has 0 spiro atoms. The molecule has 6 nitrogen and oxygen atoms in total. The summed E-state index contributed by atoms with van der Waals surface area (Å²) in [6.07, 6.45) is -4.35. The van der Waals surface area contributed by atoms with E-state index in [4.69, 9.17) is 4.74 Å². The Morgan fingerprint density at radius 3 is 2.34 bits per heavy atom. The van der Waals surface area contributed by atoms with Crippen LogP contribution in [0.15, 0.2) is 53.5 Å². The number of hydrogen-bond donors (Lipinski definition) is 3. The second-order valence-corrected chi connectivity index (χ2v) is 6.04. The fraction of sp³-hybridized carbons (Fsp3) is 0.300. The van der Waals surface area contributed by atoms with Crippen LogP contribution in [0.2, 0.25) is 0 Å². The van der Waals surface area contributed by atoms with Gasteiger partial charge in [0.05, 0.1) is 12.7 Å². The Kier molecular flexibility index (Phi) is 7.88. The Bertz CT molecular complexity index is 836. The van der Waals surface area contributed by atoms with Gasteiger partial charge in [-0.1, -0.05) is 18.2 Å². The molecule has 0 aromatic heterocycles. The highest BCUT2D eigenvalue weighted by molar-refractivity contribution is 5.94. The van der Waals surface area contributed by atoms with Crippen LogP contribution in [0.25, 0.3) is 0 Å². The number of rotatable bonds is 7. The number of halogens is 3. The molecular weight excluding hydrogens is 385 g/mol. The summed E-state index contributed by atoms with van der Waals surface area (Å²) >= 11 is 0. The quantitative estimate of drug-likeness (QED) is 0.374. The van der Waals surface area contributed by atoms with E-state index in [1.165, 1.54) is 19.2 Å². The lowest BCUT2D eigenvalue weighted by Gasteiger charge is -2.13. The molecule has 0 aliphatic rings. The molecule has 9 heteroatoms. The third kappa shape index (κ3) is 7.02. The van der Waals surface area contributed by atoms with Gasteiger partial charge in [-0.2, -0.15) is 13.2 Å². The van der Waals surface area contributed by atoms with Crippen molar-refractivity contribution in [1.29, 1.82) is 0 Å². The zero-order valence-electron chi connectivity index (χ0n) is 16.1. The van der Waals surface area contributed by atoms with Crippen molar-refractivity contribution < 1.29 is 22.7 Å². The van der Waals surface area contributed by atoms with Crippen molar-refractivity contribution in [3.63, 3.8) is 0 Å². The molecule has 2 aromatic rings. The number of aliphatic imine (C=N–C) groups is 1. The van der Waals surface area contributed by atoms with Gasteiger partial charge < -0.3 is 20.7 Å². The van der Waals surface area contributed by atoms with E-state index in [0.29, 0.717) is 42.5 Å². The first-order valence-corrected chi connectivity index (χ1v) is 8.86. The number of nitrogens with one attached hydrogen (secondary N) is 3. The molecule has 0 saturated heterocycles. The SMILES string of the molecule is CN=C(NCCNC(=O)c1cccc(OC)c1)NCc1ccc(C(F)(F)F)cc1. The summed E-state index contributed by atoms with van der Waals surface area (Å²) in [6.45, 7) is 1.09. The number of benzene rings is 2. The first-order valence-electron chi connectivity index (χ1n) is 8.86. The molecule has 0 atom stereocenters. The summed E-state index contributed by atoms with van der Waals surface area (Å²) in [5, 5.41) is 8.81. The van der Waals surface area contributed by atoms with E-state index in [2.05, 4.69) is 20.9 Å². The van der Waals surface area contributed by atoms with Crippen LogP contribution in [0.4, 0.5) is 13.2 Å². The van der Waals surface area contributed by atoms with Crippen LogP contribution in [0.5, 0.6) is 5.75 Å². The molecule has 0 heterocycles. The van der Waals surface area contributed by atoms with Gasteiger partial charge in [0.1, 0.15) is 5.75 Å². The lowest BCUT2D eigenvalue weighted by molar-refractivity contribution is -0.137. The molecule has 156 valence electrons. The average molecular weight is 408 g/mol. The maximum absolute atomic E-state index is 12.6. The topological polar surface area (TPSA) is 74.8 Å². The monoisotopic (exact) mass is 408 g/mol.